The Hall–Kier alpha value is -4.31. The summed E-state index contributed by atoms with van der Waals surface area (Å²) in [6.45, 7) is 4.38. The molecule has 2 aliphatic rings. The molecule has 0 unspecified atom stereocenters. The van der Waals surface area contributed by atoms with E-state index in [2.05, 4.69) is 5.32 Å². The standard InChI is InChI=1S/C29H34N6O4/c1-18(2)35(29(39)31-3)33-17-27(37)34-24(14-19-11-12-25(36)23(30)13-19)28(38)32(16-26(33)34)15-21-9-6-8-20-7-4-5-10-22(20)21/h4-13,18,24,26,36H,14-17,30H2,1-3H3,(H,31,39)/t24-,26+/m0/s1. The third-order valence-corrected chi connectivity index (χ3v) is 7.52. The highest BCUT2D eigenvalue weighted by atomic mass is 16.3. The van der Waals surface area contributed by atoms with E-state index in [1.54, 1.807) is 39.0 Å². The maximum Gasteiger partial charge on any atom is 0.331 e. The smallest absolute Gasteiger partial charge is 0.331 e. The van der Waals surface area contributed by atoms with E-state index in [0.717, 1.165) is 21.9 Å². The van der Waals surface area contributed by atoms with Crippen molar-refractivity contribution in [1.29, 1.82) is 0 Å². The Morgan fingerprint density at radius 2 is 1.87 bits per heavy atom. The van der Waals surface area contributed by atoms with Crippen LogP contribution in [0.5, 0.6) is 5.75 Å². The highest BCUT2D eigenvalue weighted by Crippen LogP contribution is 2.32. The maximum atomic E-state index is 14.1. The Morgan fingerprint density at radius 1 is 1.13 bits per heavy atom. The molecule has 10 nitrogen and oxygen atoms in total. The fraction of sp³-hybridized carbons (Fsp3) is 0.345. The van der Waals surface area contributed by atoms with Crippen molar-refractivity contribution < 1.29 is 19.5 Å². The number of rotatable bonds is 6. The van der Waals surface area contributed by atoms with Crippen LogP contribution in [0.4, 0.5) is 10.5 Å². The van der Waals surface area contributed by atoms with E-state index >= 15 is 0 Å². The number of phenolic OH excluding ortho intramolecular Hbond substituents is 1. The lowest BCUT2D eigenvalue weighted by Gasteiger charge is -2.47. The number of piperazine rings is 1. The molecule has 3 aromatic rings. The van der Waals surface area contributed by atoms with Crippen molar-refractivity contribution in [2.45, 2.75) is 45.1 Å². The Kier molecular flexibility index (Phi) is 7.05. The lowest BCUT2D eigenvalue weighted by Crippen LogP contribution is -2.66. The van der Waals surface area contributed by atoms with Crippen molar-refractivity contribution >= 4 is 34.3 Å². The first-order valence-corrected chi connectivity index (χ1v) is 13.1. The zero-order valence-corrected chi connectivity index (χ0v) is 22.4. The number of aromatic hydroxyl groups is 1. The monoisotopic (exact) mass is 530 g/mol. The molecule has 204 valence electrons. The summed E-state index contributed by atoms with van der Waals surface area (Å²) in [6.07, 6.45) is -0.295. The number of urea groups is 1. The van der Waals surface area contributed by atoms with E-state index in [0.29, 0.717) is 6.54 Å². The molecular formula is C29H34N6O4. The summed E-state index contributed by atoms with van der Waals surface area (Å²) in [5.74, 6) is -0.424. The van der Waals surface area contributed by atoms with Gasteiger partial charge in [-0.05, 0) is 47.9 Å². The first-order chi connectivity index (χ1) is 18.7. The van der Waals surface area contributed by atoms with Crippen LogP contribution in [0.1, 0.15) is 25.0 Å². The van der Waals surface area contributed by atoms with Gasteiger partial charge in [0.05, 0.1) is 18.8 Å². The SMILES string of the molecule is CNC(=O)N(C(C)C)N1CC(=O)N2[C@@H](Cc3ccc(O)c(N)c3)C(=O)N(Cc3cccc4ccccc34)C[C@@H]21. The summed E-state index contributed by atoms with van der Waals surface area (Å²) in [4.78, 5) is 43.8. The summed E-state index contributed by atoms with van der Waals surface area (Å²) in [5, 5.41) is 18.0. The van der Waals surface area contributed by atoms with Crippen molar-refractivity contribution in [1.82, 2.24) is 25.1 Å². The predicted octanol–water partition coefficient (Wildman–Crippen LogP) is 2.52. The number of anilines is 1. The number of hydrazine groups is 1. The van der Waals surface area contributed by atoms with Gasteiger partial charge in [-0.3, -0.25) is 14.6 Å². The number of hydrogen-bond acceptors (Lipinski definition) is 6. The zero-order chi connectivity index (χ0) is 27.8. The molecule has 2 aliphatic heterocycles. The van der Waals surface area contributed by atoms with Crippen LogP contribution in [0.25, 0.3) is 10.8 Å². The minimum Gasteiger partial charge on any atom is -0.506 e. The summed E-state index contributed by atoms with van der Waals surface area (Å²) in [6, 6.07) is 17.6. The molecule has 3 aromatic carbocycles. The topological polar surface area (TPSA) is 122 Å². The van der Waals surface area contributed by atoms with Crippen LogP contribution in [0.2, 0.25) is 0 Å². The lowest BCUT2D eigenvalue weighted by molar-refractivity contribution is -0.158. The van der Waals surface area contributed by atoms with Gasteiger partial charge in [0.15, 0.2) is 0 Å². The Labute approximate surface area is 227 Å². The number of hydrogen-bond donors (Lipinski definition) is 3. The molecule has 2 heterocycles. The second kappa shape index (κ2) is 10.5. The first-order valence-electron chi connectivity index (χ1n) is 13.1. The first kappa shape index (κ1) is 26.3. The van der Waals surface area contributed by atoms with Crippen molar-refractivity contribution in [2.75, 3.05) is 25.9 Å². The number of benzene rings is 3. The normalized spacial score (nSPS) is 19.6. The molecule has 4 N–H and O–H groups in total. The molecule has 39 heavy (non-hydrogen) atoms. The van der Waals surface area contributed by atoms with Crippen molar-refractivity contribution in [2.24, 2.45) is 0 Å². The number of fused-ring (bicyclic) bond motifs is 2. The van der Waals surface area contributed by atoms with E-state index in [4.69, 9.17) is 5.73 Å². The minimum atomic E-state index is -0.793. The molecule has 0 saturated carbocycles. The van der Waals surface area contributed by atoms with Crippen molar-refractivity contribution in [3.05, 3.63) is 71.8 Å². The van der Waals surface area contributed by atoms with Gasteiger partial charge in [0.25, 0.3) is 0 Å². The Morgan fingerprint density at radius 3 is 2.59 bits per heavy atom. The molecule has 4 amide bonds. The predicted molar refractivity (Wildman–Crippen MR) is 148 cm³/mol. The highest BCUT2D eigenvalue weighted by Gasteiger charge is 2.52. The molecule has 0 radical (unpaired) electrons. The van der Waals surface area contributed by atoms with Gasteiger partial charge in [-0.1, -0.05) is 48.5 Å². The summed E-state index contributed by atoms with van der Waals surface area (Å²) >= 11 is 0. The van der Waals surface area contributed by atoms with Gasteiger partial charge in [-0.25, -0.2) is 4.79 Å². The van der Waals surface area contributed by atoms with Crippen LogP contribution in [0.15, 0.2) is 60.7 Å². The molecule has 2 fully saturated rings. The van der Waals surface area contributed by atoms with Crippen LogP contribution in [-0.2, 0) is 22.6 Å². The van der Waals surface area contributed by atoms with Gasteiger partial charge >= 0.3 is 6.03 Å². The third-order valence-electron chi connectivity index (χ3n) is 7.52. The highest BCUT2D eigenvalue weighted by molar-refractivity contribution is 5.92. The van der Waals surface area contributed by atoms with Crippen molar-refractivity contribution in [3.8, 4) is 5.75 Å². The fourth-order valence-electron chi connectivity index (χ4n) is 5.72. The largest absolute Gasteiger partial charge is 0.506 e. The summed E-state index contributed by atoms with van der Waals surface area (Å²) < 4.78 is 0. The van der Waals surface area contributed by atoms with Gasteiger partial charge in [-0.15, -0.1) is 0 Å². The second-order valence-corrected chi connectivity index (χ2v) is 10.3. The van der Waals surface area contributed by atoms with E-state index < -0.39 is 12.2 Å². The number of carbonyl (C=O) groups excluding carboxylic acids is 3. The molecule has 2 atom stereocenters. The van der Waals surface area contributed by atoms with Gasteiger partial charge in [0, 0.05) is 26.1 Å². The molecule has 0 bridgehead atoms. The van der Waals surface area contributed by atoms with Crippen LogP contribution in [0.3, 0.4) is 0 Å². The Bertz CT molecular complexity index is 1420. The maximum absolute atomic E-state index is 14.1. The van der Waals surface area contributed by atoms with Gasteiger partial charge < -0.3 is 26.0 Å². The van der Waals surface area contributed by atoms with E-state index in [1.165, 1.54) is 6.07 Å². The van der Waals surface area contributed by atoms with Gasteiger partial charge in [0.1, 0.15) is 18.0 Å². The summed E-state index contributed by atoms with van der Waals surface area (Å²) in [5.41, 5.74) is 7.88. The van der Waals surface area contributed by atoms with Gasteiger partial charge in [0.2, 0.25) is 11.8 Å². The van der Waals surface area contributed by atoms with Crippen LogP contribution in [0, 0.1) is 0 Å². The minimum absolute atomic E-state index is 0.0140. The molecular weight excluding hydrogens is 496 g/mol. The number of nitrogens with one attached hydrogen (secondary N) is 1. The number of phenols is 1. The second-order valence-electron chi connectivity index (χ2n) is 10.3. The molecule has 5 rings (SSSR count). The quantitative estimate of drug-likeness (QED) is 0.333. The fourth-order valence-corrected chi connectivity index (χ4v) is 5.72. The zero-order valence-electron chi connectivity index (χ0n) is 22.4. The number of amides is 4. The molecule has 0 spiro atoms. The van der Waals surface area contributed by atoms with Crippen molar-refractivity contribution in [3.63, 3.8) is 0 Å². The van der Waals surface area contributed by atoms with Gasteiger partial charge in [-0.2, -0.15) is 5.01 Å². The molecule has 10 heteroatoms. The average molecular weight is 531 g/mol. The Balaban J connectivity index is 1.54. The average Bonchev–Trinajstić information content (AvgIpc) is 3.23. The van der Waals surface area contributed by atoms with Crippen LogP contribution in [-0.4, -0.2) is 81.2 Å². The molecule has 0 aliphatic carbocycles. The number of carbonyl (C=O) groups is 3. The third kappa shape index (κ3) is 4.83. The lowest BCUT2D eigenvalue weighted by atomic mass is 9.98. The summed E-state index contributed by atoms with van der Waals surface area (Å²) in [7, 11) is 1.56. The molecule has 2 saturated heterocycles. The van der Waals surface area contributed by atoms with Crippen LogP contribution >= 0.6 is 0 Å². The molecule has 0 aromatic heterocycles. The number of nitrogen functional groups attached to an aromatic ring is 1. The van der Waals surface area contributed by atoms with Crippen LogP contribution < -0.4 is 11.1 Å². The van der Waals surface area contributed by atoms with E-state index in [9.17, 15) is 19.5 Å². The van der Waals surface area contributed by atoms with E-state index in [-0.39, 0.29) is 54.8 Å². The number of nitrogens with zero attached hydrogens (tertiary/aromatic N) is 4. The van der Waals surface area contributed by atoms with E-state index in [1.807, 2.05) is 56.3 Å². The number of nitrogens with two attached hydrogens (primary N) is 1.